The van der Waals surface area contributed by atoms with Crippen LogP contribution in [0.5, 0.6) is 0 Å². The van der Waals surface area contributed by atoms with Crippen molar-refractivity contribution < 1.29 is 14.4 Å². The average Bonchev–Trinajstić information content (AvgIpc) is 3.36. The molecule has 3 N–H and O–H groups in total. The summed E-state index contributed by atoms with van der Waals surface area (Å²) < 4.78 is 1.42. The Hall–Kier alpha value is -2.87. The Labute approximate surface area is 148 Å². The highest BCUT2D eigenvalue weighted by Gasteiger charge is 2.27. The van der Waals surface area contributed by atoms with E-state index in [1.807, 2.05) is 18.2 Å². The maximum Gasteiger partial charge on any atom is 0.327 e. The predicted molar refractivity (Wildman–Crippen MR) is 90.1 cm³/mol. The van der Waals surface area contributed by atoms with Gasteiger partial charge >= 0.3 is 11.8 Å². The van der Waals surface area contributed by atoms with Crippen LogP contribution in [0.3, 0.4) is 0 Å². The van der Waals surface area contributed by atoms with Gasteiger partial charge in [-0.2, -0.15) is 5.10 Å². The second-order valence-corrected chi connectivity index (χ2v) is 6.01. The first-order valence-corrected chi connectivity index (χ1v) is 8.07. The Morgan fingerprint density at radius 3 is 2.44 bits per heavy atom. The Kier molecular flexibility index (Phi) is 4.71. The number of hydrogen-bond donors (Lipinski definition) is 3. The van der Waals surface area contributed by atoms with E-state index < -0.39 is 17.7 Å². The van der Waals surface area contributed by atoms with E-state index in [1.54, 1.807) is 19.1 Å². The molecule has 130 valence electrons. The summed E-state index contributed by atoms with van der Waals surface area (Å²) in [6.07, 6.45) is 1.72. The van der Waals surface area contributed by atoms with Crippen LogP contribution in [-0.2, 0) is 9.59 Å². The third kappa shape index (κ3) is 3.80. The number of rotatable bonds is 3. The van der Waals surface area contributed by atoms with Crippen molar-refractivity contribution in [3.63, 3.8) is 0 Å². The van der Waals surface area contributed by atoms with Gasteiger partial charge in [-0.05, 0) is 31.9 Å². The van der Waals surface area contributed by atoms with Gasteiger partial charge in [-0.3, -0.25) is 25.2 Å². The van der Waals surface area contributed by atoms with Gasteiger partial charge in [0.2, 0.25) is 0 Å². The predicted octanol–water partition coefficient (Wildman–Crippen LogP) is 0.874. The first kappa shape index (κ1) is 17.0. The van der Waals surface area contributed by atoms with Crippen molar-refractivity contribution in [2.75, 3.05) is 0 Å². The molecule has 0 saturated heterocycles. The maximum atomic E-state index is 12.3. The number of hydrogen-bond acceptors (Lipinski definition) is 4. The Morgan fingerprint density at radius 1 is 1.12 bits per heavy atom. The largest absolute Gasteiger partial charge is 0.345 e. The number of halogens is 1. The Balaban J connectivity index is 1.69. The van der Waals surface area contributed by atoms with E-state index in [1.165, 1.54) is 4.68 Å². The van der Waals surface area contributed by atoms with Crippen molar-refractivity contribution >= 4 is 29.3 Å². The average molecular weight is 362 g/mol. The molecule has 2 aromatic rings. The minimum Gasteiger partial charge on any atom is -0.345 e. The molecule has 0 atom stereocenters. The molecule has 0 radical (unpaired) electrons. The topological polar surface area (TPSA) is 105 Å². The number of nitrogens with zero attached hydrogens (tertiary/aromatic N) is 2. The van der Waals surface area contributed by atoms with Crippen molar-refractivity contribution in [3.05, 3.63) is 46.7 Å². The molecule has 0 unspecified atom stereocenters. The van der Waals surface area contributed by atoms with Gasteiger partial charge in [-0.1, -0.05) is 29.8 Å². The van der Waals surface area contributed by atoms with Crippen LogP contribution in [0, 0.1) is 6.92 Å². The van der Waals surface area contributed by atoms with Gasteiger partial charge in [0.15, 0.2) is 0 Å². The van der Waals surface area contributed by atoms with E-state index in [9.17, 15) is 14.4 Å². The lowest BCUT2D eigenvalue weighted by Crippen LogP contribution is -2.49. The fraction of sp³-hybridized carbons (Fsp3) is 0.250. The van der Waals surface area contributed by atoms with Crippen molar-refractivity contribution in [2.45, 2.75) is 25.8 Å². The van der Waals surface area contributed by atoms with Gasteiger partial charge in [0, 0.05) is 6.04 Å². The summed E-state index contributed by atoms with van der Waals surface area (Å²) in [7, 11) is 0. The Bertz CT molecular complexity index is 830. The summed E-state index contributed by atoms with van der Waals surface area (Å²) >= 11 is 6.26. The van der Waals surface area contributed by atoms with Gasteiger partial charge < -0.3 is 5.32 Å². The standard InChI is InChI=1S/C16H16ClN5O3/c1-9-12(13(17)22(21-9)11-5-3-2-4-6-11)14(23)19-20-16(25)15(24)18-10-7-8-10/h2-6,10H,7-8H2,1H3,(H,18,24)(H,19,23)(H,20,25). The van der Waals surface area contributed by atoms with E-state index in [-0.39, 0.29) is 16.8 Å². The molecular weight excluding hydrogens is 346 g/mol. The fourth-order valence-electron chi connectivity index (χ4n) is 2.21. The van der Waals surface area contributed by atoms with Gasteiger partial charge in [0.25, 0.3) is 5.91 Å². The molecule has 1 fully saturated rings. The second-order valence-electron chi connectivity index (χ2n) is 5.65. The maximum absolute atomic E-state index is 12.3. The third-order valence-electron chi connectivity index (χ3n) is 3.64. The lowest BCUT2D eigenvalue weighted by atomic mass is 10.2. The molecule has 8 nitrogen and oxygen atoms in total. The summed E-state index contributed by atoms with van der Waals surface area (Å²) in [5, 5.41) is 6.87. The van der Waals surface area contributed by atoms with Crippen molar-refractivity contribution in [1.82, 2.24) is 25.9 Å². The van der Waals surface area contributed by atoms with Crippen LogP contribution >= 0.6 is 11.6 Å². The lowest BCUT2D eigenvalue weighted by Gasteiger charge is -2.07. The summed E-state index contributed by atoms with van der Waals surface area (Å²) in [5.41, 5.74) is 5.46. The number of carbonyl (C=O) groups is 3. The SMILES string of the molecule is Cc1nn(-c2ccccc2)c(Cl)c1C(=O)NNC(=O)C(=O)NC1CC1. The number of nitrogens with one attached hydrogen (secondary N) is 3. The molecule has 0 spiro atoms. The van der Waals surface area contributed by atoms with E-state index in [0.29, 0.717) is 11.4 Å². The zero-order chi connectivity index (χ0) is 18.0. The van der Waals surface area contributed by atoms with Crippen molar-refractivity contribution in [2.24, 2.45) is 0 Å². The minimum absolute atomic E-state index is 0.0507. The van der Waals surface area contributed by atoms with Gasteiger partial charge in [0.05, 0.1) is 11.4 Å². The summed E-state index contributed by atoms with van der Waals surface area (Å²) in [6, 6.07) is 9.13. The van der Waals surface area contributed by atoms with Gasteiger partial charge in [-0.25, -0.2) is 4.68 Å². The minimum atomic E-state index is -0.940. The molecule has 9 heteroatoms. The van der Waals surface area contributed by atoms with Crippen LogP contribution in [0.15, 0.2) is 30.3 Å². The molecule has 1 saturated carbocycles. The smallest absolute Gasteiger partial charge is 0.327 e. The first-order chi connectivity index (χ1) is 12.0. The monoisotopic (exact) mass is 361 g/mol. The molecule has 0 bridgehead atoms. The van der Waals surface area contributed by atoms with E-state index >= 15 is 0 Å². The highest BCUT2D eigenvalue weighted by atomic mass is 35.5. The number of amides is 3. The lowest BCUT2D eigenvalue weighted by molar-refractivity contribution is -0.139. The van der Waals surface area contributed by atoms with Crippen LogP contribution in [0.2, 0.25) is 5.15 Å². The number of benzene rings is 1. The van der Waals surface area contributed by atoms with Crippen molar-refractivity contribution in [1.29, 1.82) is 0 Å². The molecular formula is C16H16ClN5O3. The van der Waals surface area contributed by atoms with Gasteiger partial charge in [0.1, 0.15) is 10.7 Å². The quantitative estimate of drug-likeness (QED) is 0.557. The van der Waals surface area contributed by atoms with E-state index in [0.717, 1.165) is 12.8 Å². The molecule has 3 amide bonds. The Morgan fingerprint density at radius 2 is 1.80 bits per heavy atom. The fourth-order valence-corrected chi connectivity index (χ4v) is 2.57. The highest BCUT2D eigenvalue weighted by Crippen LogP contribution is 2.23. The third-order valence-corrected chi connectivity index (χ3v) is 3.99. The number of aryl methyl sites for hydroxylation is 1. The van der Waals surface area contributed by atoms with Gasteiger partial charge in [-0.15, -0.1) is 0 Å². The first-order valence-electron chi connectivity index (χ1n) is 7.69. The van der Waals surface area contributed by atoms with Crippen molar-refractivity contribution in [3.8, 4) is 5.69 Å². The summed E-state index contributed by atoms with van der Waals surface area (Å²) in [6.45, 7) is 1.63. The molecule has 1 heterocycles. The van der Waals surface area contributed by atoms with Crippen LogP contribution < -0.4 is 16.2 Å². The summed E-state index contributed by atoms with van der Waals surface area (Å²) in [5.74, 6) is -2.38. The number of para-hydroxylation sites is 1. The van der Waals surface area contributed by atoms with E-state index in [4.69, 9.17) is 11.6 Å². The molecule has 3 rings (SSSR count). The normalized spacial score (nSPS) is 13.2. The van der Waals surface area contributed by atoms with Crippen LogP contribution in [0.1, 0.15) is 28.9 Å². The molecule has 1 aromatic carbocycles. The van der Waals surface area contributed by atoms with Crippen LogP contribution in [0.4, 0.5) is 0 Å². The van der Waals surface area contributed by atoms with Crippen LogP contribution in [-0.4, -0.2) is 33.5 Å². The number of aromatic nitrogens is 2. The van der Waals surface area contributed by atoms with E-state index in [2.05, 4.69) is 21.3 Å². The molecule has 1 aliphatic carbocycles. The molecule has 25 heavy (non-hydrogen) atoms. The molecule has 0 aliphatic heterocycles. The zero-order valence-corrected chi connectivity index (χ0v) is 14.1. The zero-order valence-electron chi connectivity index (χ0n) is 13.4. The number of carbonyl (C=O) groups excluding carboxylic acids is 3. The summed E-state index contributed by atoms with van der Waals surface area (Å²) in [4.78, 5) is 35.5. The molecule has 1 aliphatic rings. The molecule has 1 aromatic heterocycles. The second kappa shape index (κ2) is 6.94. The number of hydrazine groups is 1. The van der Waals surface area contributed by atoms with Crippen LogP contribution in [0.25, 0.3) is 5.69 Å². The highest BCUT2D eigenvalue weighted by molar-refractivity contribution is 6.35.